The number of pyridine rings is 1. The Kier molecular flexibility index (Phi) is 5.51. The predicted molar refractivity (Wildman–Crippen MR) is 88.4 cm³/mol. The third-order valence-electron chi connectivity index (χ3n) is 4.42. The number of esters is 1. The summed E-state index contributed by atoms with van der Waals surface area (Å²) in [5.74, 6) is -11.4. The smallest absolute Gasteiger partial charge is 0.321 e. The van der Waals surface area contributed by atoms with Gasteiger partial charge in [-0.15, -0.1) is 0 Å². The van der Waals surface area contributed by atoms with Gasteiger partial charge in [-0.2, -0.15) is 0 Å². The first kappa shape index (κ1) is 21.3. The zero-order valence-electron chi connectivity index (χ0n) is 14.9. The highest BCUT2D eigenvalue weighted by Crippen LogP contribution is 2.43. The highest BCUT2D eigenvalue weighted by molar-refractivity contribution is 6.14. The Morgan fingerprint density at radius 2 is 1.83 bits per heavy atom. The molecule has 12 heteroatoms. The molecule has 0 saturated heterocycles. The molecule has 2 aromatic rings. The number of nitrogens with zero attached hydrogens (tertiary/aromatic N) is 2. The number of aliphatic imine (C=N–C) groups is 1. The number of hydrogen-bond donors (Lipinski definition) is 1. The fraction of sp³-hybridized carbons (Fsp3) is 0.222. The molecule has 1 aliphatic rings. The molecule has 0 aliphatic carbocycles. The number of methoxy groups -OCH3 is 1. The summed E-state index contributed by atoms with van der Waals surface area (Å²) in [6.45, 7) is 0. The highest BCUT2D eigenvalue weighted by atomic mass is 19.3. The van der Waals surface area contributed by atoms with Crippen LogP contribution in [-0.2, 0) is 19.9 Å². The van der Waals surface area contributed by atoms with Gasteiger partial charge in [0.25, 0.3) is 6.43 Å². The zero-order chi connectivity index (χ0) is 22.2. The van der Waals surface area contributed by atoms with Crippen molar-refractivity contribution < 1.29 is 40.7 Å². The van der Waals surface area contributed by atoms with Crippen LogP contribution in [0.15, 0.2) is 35.5 Å². The number of aromatic nitrogens is 1. The first-order valence-electron chi connectivity index (χ1n) is 8.15. The summed E-state index contributed by atoms with van der Waals surface area (Å²) in [7, 11) is 0.817. The molecule has 1 aliphatic heterocycles. The number of benzene rings is 1. The Labute approximate surface area is 164 Å². The Hall–Kier alpha value is -3.44. The second-order valence-electron chi connectivity index (χ2n) is 6.14. The molecule has 2 heterocycles. The maximum atomic E-state index is 14.4. The fourth-order valence-electron chi connectivity index (χ4n) is 3.05. The minimum Gasteiger partial charge on any atom is -0.468 e. The number of amidine groups is 1. The Morgan fingerprint density at radius 1 is 1.13 bits per heavy atom. The lowest BCUT2D eigenvalue weighted by Crippen LogP contribution is -2.58. The number of amides is 1. The van der Waals surface area contributed by atoms with Crippen molar-refractivity contribution in [2.45, 2.75) is 12.0 Å². The van der Waals surface area contributed by atoms with Crippen LogP contribution >= 0.6 is 0 Å². The van der Waals surface area contributed by atoms with Crippen LogP contribution < -0.4 is 5.32 Å². The van der Waals surface area contributed by atoms with Crippen LogP contribution in [0.1, 0.15) is 11.3 Å². The maximum Gasteiger partial charge on any atom is 0.321 e. The third kappa shape index (κ3) is 3.37. The number of alkyl halides is 2. The minimum absolute atomic E-state index is 0.339. The van der Waals surface area contributed by atoms with E-state index in [1.807, 2.05) is 5.32 Å². The van der Waals surface area contributed by atoms with Crippen LogP contribution in [0.5, 0.6) is 0 Å². The van der Waals surface area contributed by atoms with Gasteiger partial charge in [-0.05, 0) is 17.7 Å². The van der Waals surface area contributed by atoms with Crippen LogP contribution in [0, 0.1) is 29.2 Å². The quantitative estimate of drug-likeness (QED) is 0.458. The van der Waals surface area contributed by atoms with E-state index in [9.17, 15) is 35.9 Å². The lowest BCUT2D eigenvalue weighted by Gasteiger charge is -2.38. The van der Waals surface area contributed by atoms with Gasteiger partial charge in [-0.1, -0.05) is 6.07 Å². The normalized spacial score (nSPS) is 21.3. The molecule has 1 amide bonds. The van der Waals surface area contributed by atoms with Crippen LogP contribution in [-0.4, -0.2) is 36.2 Å². The van der Waals surface area contributed by atoms with E-state index in [4.69, 9.17) is 0 Å². The van der Waals surface area contributed by atoms with E-state index in [1.54, 1.807) is 0 Å². The molecule has 2 atom stereocenters. The van der Waals surface area contributed by atoms with Gasteiger partial charge in [0, 0.05) is 6.07 Å². The fourth-order valence-corrected chi connectivity index (χ4v) is 3.05. The average molecular weight is 431 g/mol. The summed E-state index contributed by atoms with van der Waals surface area (Å²) in [6.07, 6.45) is -3.10. The van der Waals surface area contributed by atoms with E-state index in [0.29, 0.717) is 30.5 Å². The van der Waals surface area contributed by atoms with Crippen molar-refractivity contribution in [2.24, 2.45) is 10.9 Å². The van der Waals surface area contributed by atoms with Crippen LogP contribution in [0.4, 0.5) is 26.3 Å². The molecule has 30 heavy (non-hydrogen) atoms. The SMILES string of the molecule is COC(=O)C1C(=O)NC(c2ncc(F)cc2F)=NC1(c1ccc(F)c(F)c1)C(F)F. The maximum absolute atomic E-state index is 14.4. The number of carbonyl (C=O) groups excluding carboxylic acids is 2. The molecule has 0 fully saturated rings. The molecular formula is C18H11F6N3O3. The second-order valence-corrected chi connectivity index (χ2v) is 6.14. The van der Waals surface area contributed by atoms with Crippen LogP contribution in [0.2, 0.25) is 0 Å². The molecule has 0 bridgehead atoms. The lowest BCUT2D eigenvalue weighted by molar-refractivity contribution is -0.157. The summed E-state index contributed by atoms with van der Waals surface area (Å²) in [5, 5.41) is 1.95. The molecule has 6 nitrogen and oxygen atoms in total. The summed E-state index contributed by atoms with van der Waals surface area (Å²) in [4.78, 5) is 31.8. The largest absolute Gasteiger partial charge is 0.468 e. The van der Waals surface area contributed by atoms with Gasteiger partial charge in [0.1, 0.15) is 11.5 Å². The van der Waals surface area contributed by atoms with Gasteiger partial charge in [0.2, 0.25) is 5.91 Å². The molecule has 1 aromatic heterocycles. The third-order valence-corrected chi connectivity index (χ3v) is 4.42. The molecular weight excluding hydrogens is 420 g/mol. The predicted octanol–water partition coefficient (Wildman–Crippen LogP) is 2.46. The van der Waals surface area contributed by atoms with E-state index in [2.05, 4.69) is 14.7 Å². The highest BCUT2D eigenvalue weighted by Gasteiger charge is 2.59. The number of carbonyl (C=O) groups is 2. The number of nitrogens with one attached hydrogen (secondary N) is 1. The average Bonchev–Trinajstić information content (AvgIpc) is 2.68. The van der Waals surface area contributed by atoms with Crippen molar-refractivity contribution >= 4 is 17.7 Å². The van der Waals surface area contributed by atoms with Gasteiger partial charge in [-0.25, -0.2) is 36.3 Å². The van der Waals surface area contributed by atoms with E-state index in [-0.39, 0.29) is 0 Å². The Balaban J connectivity index is 2.34. The first-order valence-corrected chi connectivity index (χ1v) is 8.15. The Morgan fingerprint density at radius 3 is 2.40 bits per heavy atom. The van der Waals surface area contributed by atoms with Gasteiger partial charge in [0.05, 0.1) is 13.3 Å². The summed E-state index contributed by atoms with van der Waals surface area (Å²) in [6, 6.07) is 1.91. The minimum atomic E-state index is -3.64. The first-order chi connectivity index (χ1) is 14.1. The molecule has 1 N–H and O–H groups in total. The zero-order valence-corrected chi connectivity index (χ0v) is 14.9. The number of halogens is 6. The van der Waals surface area contributed by atoms with E-state index in [0.717, 1.165) is 7.11 Å². The van der Waals surface area contributed by atoms with Crippen LogP contribution in [0.3, 0.4) is 0 Å². The summed E-state index contributed by atoms with van der Waals surface area (Å²) in [5.41, 5.74) is -4.66. The van der Waals surface area contributed by atoms with Gasteiger partial charge >= 0.3 is 5.97 Å². The number of hydrogen-bond acceptors (Lipinski definition) is 5. The molecule has 158 valence electrons. The van der Waals surface area contributed by atoms with E-state index >= 15 is 0 Å². The van der Waals surface area contributed by atoms with Crippen molar-refractivity contribution in [2.75, 3.05) is 7.11 Å². The van der Waals surface area contributed by atoms with Gasteiger partial charge < -0.3 is 10.1 Å². The van der Waals surface area contributed by atoms with Crippen LogP contribution in [0.25, 0.3) is 0 Å². The molecule has 0 radical (unpaired) electrons. The molecule has 3 rings (SSSR count). The standard InChI is InChI=1S/C18H11F6N3O3/c1-30-16(29)12-15(28)26-14(13-11(22)5-8(19)6-25-13)27-18(12,17(23)24)7-2-3-9(20)10(21)4-7/h2-6,12,17H,1H3,(H,26,27,28). The van der Waals surface area contributed by atoms with Crippen molar-refractivity contribution in [3.05, 3.63) is 65.0 Å². The van der Waals surface area contributed by atoms with Crippen molar-refractivity contribution in [3.63, 3.8) is 0 Å². The number of rotatable bonds is 4. The van der Waals surface area contributed by atoms with E-state index < -0.39 is 70.1 Å². The molecule has 1 aromatic carbocycles. The van der Waals surface area contributed by atoms with Crippen molar-refractivity contribution in [1.29, 1.82) is 0 Å². The molecule has 0 spiro atoms. The summed E-state index contributed by atoms with van der Waals surface area (Å²) >= 11 is 0. The van der Waals surface area contributed by atoms with E-state index in [1.165, 1.54) is 0 Å². The molecule has 0 saturated carbocycles. The monoisotopic (exact) mass is 431 g/mol. The van der Waals surface area contributed by atoms with Crippen molar-refractivity contribution in [3.8, 4) is 0 Å². The second kappa shape index (κ2) is 7.76. The van der Waals surface area contributed by atoms with Gasteiger partial charge in [0.15, 0.2) is 34.7 Å². The summed E-state index contributed by atoms with van der Waals surface area (Å²) < 4.78 is 87.6. The van der Waals surface area contributed by atoms with Gasteiger partial charge in [-0.3, -0.25) is 9.59 Å². The lowest BCUT2D eigenvalue weighted by atomic mass is 9.76. The molecule has 2 unspecified atom stereocenters. The Bertz CT molecular complexity index is 1060. The van der Waals surface area contributed by atoms with Crippen molar-refractivity contribution in [1.82, 2.24) is 10.3 Å². The number of ether oxygens (including phenoxy) is 1. The topological polar surface area (TPSA) is 80.7 Å².